The third kappa shape index (κ3) is 3.72. The van der Waals surface area contributed by atoms with Gasteiger partial charge in [-0.3, -0.25) is 0 Å². The monoisotopic (exact) mass is 339 g/mol. The van der Waals surface area contributed by atoms with Gasteiger partial charge in [0.05, 0.1) is 6.10 Å². The normalized spacial score (nSPS) is 12.2. The molecule has 1 unspecified atom stereocenters. The maximum atomic E-state index is 10.1. The van der Waals surface area contributed by atoms with Crippen LogP contribution in [0.4, 0.5) is 5.69 Å². The van der Waals surface area contributed by atoms with Crippen LogP contribution in [0.15, 0.2) is 46.9 Å². The minimum Gasteiger partial charge on any atom is -0.387 e. The van der Waals surface area contributed by atoms with Crippen molar-refractivity contribution in [2.75, 3.05) is 11.9 Å². The Kier molecular flexibility index (Phi) is 4.86. The number of hydrogen-bond donors (Lipinski definition) is 2. The zero-order chi connectivity index (χ0) is 13.8. The van der Waals surface area contributed by atoms with Crippen LogP contribution in [-0.4, -0.2) is 11.7 Å². The van der Waals surface area contributed by atoms with Gasteiger partial charge in [0.15, 0.2) is 0 Å². The van der Waals surface area contributed by atoms with Crippen LogP contribution in [-0.2, 0) is 0 Å². The predicted octanol–water partition coefficient (Wildman–Crippen LogP) is 4.56. The van der Waals surface area contributed by atoms with Crippen LogP contribution in [0.25, 0.3) is 0 Å². The number of aryl methyl sites for hydroxylation is 1. The van der Waals surface area contributed by atoms with Crippen molar-refractivity contribution in [2.45, 2.75) is 13.0 Å². The highest BCUT2D eigenvalue weighted by Crippen LogP contribution is 2.24. The molecule has 0 aliphatic rings. The maximum Gasteiger partial charge on any atom is 0.0976 e. The lowest BCUT2D eigenvalue weighted by atomic mass is 10.1. The number of nitrogens with one attached hydrogen (secondary N) is 1. The van der Waals surface area contributed by atoms with E-state index in [1.54, 1.807) is 6.07 Å². The summed E-state index contributed by atoms with van der Waals surface area (Å²) in [6.07, 6.45) is -0.631. The van der Waals surface area contributed by atoms with Gasteiger partial charge < -0.3 is 10.4 Å². The number of aliphatic hydroxyl groups is 1. The van der Waals surface area contributed by atoms with E-state index in [9.17, 15) is 5.11 Å². The zero-order valence-corrected chi connectivity index (χ0v) is 12.9. The van der Waals surface area contributed by atoms with Crippen LogP contribution in [0.5, 0.6) is 0 Å². The molecule has 2 nitrogen and oxygen atoms in total. The molecule has 0 saturated heterocycles. The quantitative estimate of drug-likeness (QED) is 0.855. The van der Waals surface area contributed by atoms with E-state index in [4.69, 9.17) is 11.6 Å². The van der Waals surface area contributed by atoms with E-state index >= 15 is 0 Å². The molecular weight excluding hydrogens is 326 g/mol. The van der Waals surface area contributed by atoms with E-state index in [0.29, 0.717) is 11.6 Å². The number of halogens is 2. The van der Waals surface area contributed by atoms with E-state index in [2.05, 4.69) is 21.2 Å². The van der Waals surface area contributed by atoms with Crippen LogP contribution in [0, 0.1) is 6.92 Å². The van der Waals surface area contributed by atoms with Gasteiger partial charge in [0.1, 0.15) is 0 Å². The fourth-order valence-corrected chi connectivity index (χ4v) is 2.41. The molecule has 0 saturated carbocycles. The first-order valence-corrected chi connectivity index (χ1v) is 7.17. The first-order valence-electron chi connectivity index (χ1n) is 6.00. The average Bonchev–Trinajstić information content (AvgIpc) is 2.40. The van der Waals surface area contributed by atoms with Gasteiger partial charge in [0.25, 0.3) is 0 Å². The minimum atomic E-state index is -0.631. The van der Waals surface area contributed by atoms with Gasteiger partial charge in [0, 0.05) is 27.3 Å². The van der Waals surface area contributed by atoms with Gasteiger partial charge in [-0.2, -0.15) is 0 Å². The molecular formula is C15H15BrClNO. The molecule has 0 aromatic heterocycles. The summed E-state index contributed by atoms with van der Waals surface area (Å²) in [5.74, 6) is 0. The topological polar surface area (TPSA) is 32.3 Å². The highest BCUT2D eigenvalue weighted by Gasteiger charge is 2.10. The largest absolute Gasteiger partial charge is 0.387 e. The number of hydrogen-bond acceptors (Lipinski definition) is 2. The Hall–Kier alpha value is -1.03. The van der Waals surface area contributed by atoms with Gasteiger partial charge in [-0.15, -0.1) is 0 Å². The fraction of sp³-hybridized carbons (Fsp3) is 0.200. The molecule has 19 heavy (non-hydrogen) atoms. The maximum absolute atomic E-state index is 10.1. The van der Waals surface area contributed by atoms with Gasteiger partial charge in [-0.25, -0.2) is 0 Å². The molecule has 4 heteroatoms. The average molecular weight is 341 g/mol. The van der Waals surface area contributed by atoms with Crippen LogP contribution in [0.3, 0.4) is 0 Å². The fourth-order valence-electron chi connectivity index (χ4n) is 1.77. The molecule has 2 N–H and O–H groups in total. The Morgan fingerprint density at radius 1 is 1.26 bits per heavy atom. The van der Waals surface area contributed by atoms with Gasteiger partial charge in [0.2, 0.25) is 0 Å². The number of anilines is 1. The van der Waals surface area contributed by atoms with Crippen molar-refractivity contribution in [1.82, 2.24) is 0 Å². The number of benzene rings is 2. The first-order chi connectivity index (χ1) is 9.08. The van der Waals surface area contributed by atoms with E-state index in [-0.39, 0.29) is 0 Å². The van der Waals surface area contributed by atoms with Crippen molar-refractivity contribution >= 4 is 33.2 Å². The van der Waals surface area contributed by atoms with Crippen LogP contribution >= 0.6 is 27.5 Å². The first kappa shape index (κ1) is 14.4. The SMILES string of the molecule is Cc1ccc(NCC(O)c2ccccc2Cl)cc1Br. The summed E-state index contributed by atoms with van der Waals surface area (Å²) in [6, 6.07) is 13.3. The molecule has 2 aromatic rings. The lowest BCUT2D eigenvalue weighted by molar-refractivity contribution is 0.192. The Balaban J connectivity index is 2.02. The molecule has 100 valence electrons. The predicted molar refractivity (Wildman–Crippen MR) is 83.8 cm³/mol. The molecule has 0 amide bonds. The van der Waals surface area contributed by atoms with Gasteiger partial charge in [-0.05, 0) is 30.7 Å². The Morgan fingerprint density at radius 2 is 2.00 bits per heavy atom. The third-order valence-electron chi connectivity index (χ3n) is 2.94. The van der Waals surface area contributed by atoms with Crippen molar-refractivity contribution in [3.63, 3.8) is 0 Å². The van der Waals surface area contributed by atoms with Gasteiger partial charge >= 0.3 is 0 Å². The molecule has 0 bridgehead atoms. The second-order valence-corrected chi connectivity index (χ2v) is 5.64. The van der Waals surface area contributed by atoms with E-state index in [1.807, 2.05) is 43.3 Å². The minimum absolute atomic E-state index is 0.416. The summed E-state index contributed by atoms with van der Waals surface area (Å²) in [6.45, 7) is 2.45. The van der Waals surface area contributed by atoms with E-state index < -0.39 is 6.10 Å². The molecule has 0 spiro atoms. The van der Waals surface area contributed by atoms with Gasteiger partial charge in [-0.1, -0.05) is 51.8 Å². The summed E-state index contributed by atoms with van der Waals surface area (Å²) < 4.78 is 1.05. The molecule has 0 aliphatic carbocycles. The highest BCUT2D eigenvalue weighted by molar-refractivity contribution is 9.10. The highest BCUT2D eigenvalue weighted by atomic mass is 79.9. The lowest BCUT2D eigenvalue weighted by Gasteiger charge is -2.15. The summed E-state index contributed by atoms with van der Waals surface area (Å²) in [7, 11) is 0. The lowest BCUT2D eigenvalue weighted by Crippen LogP contribution is -2.12. The molecule has 1 atom stereocenters. The van der Waals surface area contributed by atoms with Crippen molar-refractivity contribution < 1.29 is 5.11 Å². The van der Waals surface area contributed by atoms with Crippen molar-refractivity contribution in [3.05, 3.63) is 63.1 Å². The Bertz CT molecular complexity index is 574. The third-order valence-corrected chi connectivity index (χ3v) is 4.13. The number of rotatable bonds is 4. The van der Waals surface area contributed by atoms with E-state index in [1.165, 1.54) is 5.56 Å². The van der Waals surface area contributed by atoms with Crippen molar-refractivity contribution in [3.8, 4) is 0 Å². The molecule has 2 aromatic carbocycles. The Morgan fingerprint density at radius 3 is 2.68 bits per heavy atom. The summed E-state index contributed by atoms with van der Waals surface area (Å²) >= 11 is 9.54. The molecule has 2 rings (SSSR count). The molecule has 0 fully saturated rings. The second-order valence-electron chi connectivity index (χ2n) is 4.38. The summed E-state index contributed by atoms with van der Waals surface area (Å²) in [5, 5.41) is 13.9. The van der Waals surface area contributed by atoms with Crippen LogP contribution in [0.1, 0.15) is 17.2 Å². The zero-order valence-electron chi connectivity index (χ0n) is 10.5. The Labute approximate surface area is 126 Å². The summed E-state index contributed by atoms with van der Waals surface area (Å²) in [5.41, 5.74) is 2.88. The summed E-state index contributed by atoms with van der Waals surface area (Å²) in [4.78, 5) is 0. The molecule has 0 heterocycles. The second kappa shape index (κ2) is 6.42. The van der Waals surface area contributed by atoms with E-state index in [0.717, 1.165) is 15.7 Å². The molecule has 0 radical (unpaired) electrons. The van der Waals surface area contributed by atoms with Crippen LogP contribution in [0.2, 0.25) is 5.02 Å². The van der Waals surface area contributed by atoms with Crippen LogP contribution < -0.4 is 5.32 Å². The standard InChI is InChI=1S/C15H15BrClNO/c1-10-6-7-11(8-13(10)16)18-9-15(19)12-4-2-3-5-14(12)17/h2-8,15,18-19H,9H2,1H3. The number of aliphatic hydroxyl groups excluding tert-OH is 1. The van der Waals surface area contributed by atoms with Crippen molar-refractivity contribution in [1.29, 1.82) is 0 Å². The smallest absolute Gasteiger partial charge is 0.0976 e. The van der Waals surface area contributed by atoms with Crippen molar-refractivity contribution in [2.24, 2.45) is 0 Å². The molecule has 0 aliphatic heterocycles.